The molecule has 1 aromatic heterocycles. The highest BCUT2D eigenvalue weighted by Crippen LogP contribution is 2.33. The predicted octanol–water partition coefficient (Wildman–Crippen LogP) is 4.31. The fourth-order valence-corrected chi connectivity index (χ4v) is 5.48. The van der Waals surface area contributed by atoms with E-state index in [1.54, 1.807) is 19.1 Å². The summed E-state index contributed by atoms with van der Waals surface area (Å²) < 4.78 is 26.6. The summed E-state index contributed by atoms with van der Waals surface area (Å²) in [7, 11) is -3.83. The van der Waals surface area contributed by atoms with Gasteiger partial charge in [0.1, 0.15) is 6.04 Å². The summed E-state index contributed by atoms with van der Waals surface area (Å²) >= 11 is 14.8. The first kappa shape index (κ1) is 23.0. The number of hydrogen-bond acceptors (Lipinski definition) is 7. The average molecular weight is 481 g/mol. The fourth-order valence-electron chi connectivity index (χ4n) is 2.33. The zero-order chi connectivity index (χ0) is 20.9. The molecule has 0 aliphatic carbocycles. The Morgan fingerprint density at radius 1 is 1.43 bits per heavy atom. The molecule has 7 nitrogen and oxygen atoms in total. The van der Waals surface area contributed by atoms with Crippen molar-refractivity contribution in [2.45, 2.75) is 23.7 Å². The van der Waals surface area contributed by atoms with Crippen LogP contribution in [0.25, 0.3) is 0 Å². The first-order valence-electron chi connectivity index (χ1n) is 7.99. The van der Waals surface area contributed by atoms with Gasteiger partial charge in [0, 0.05) is 10.8 Å². The molecule has 0 spiro atoms. The van der Waals surface area contributed by atoms with Crippen LogP contribution in [0.4, 0.5) is 10.8 Å². The molecule has 0 radical (unpaired) electrons. The molecular weight excluding hydrogens is 463 g/mol. The first-order valence-corrected chi connectivity index (χ1v) is 12.4. The molecule has 1 heterocycles. The van der Waals surface area contributed by atoms with Crippen LogP contribution in [0.3, 0.4) is 0 Å². The standard InChI is InChI=1S/C16H18Cl2N4O3S3/c1-4-8-26-16-21-20-15(27-16)19-14(23)12(5-2)22(28(3,24)25)13-9-10(17)6-7-11(13)18/h4,6-7,9,12H,1,5,8H2,2-3H3,(H,19,20,23). The highest BCUT2D eigenvalue weighted by atomic mass is 35.5. The third kappa shape index (κ3) is 5.84. The van der Waals surface area contributed by atoms with Gasteiger partial charge in [-0.2, -0.15) is 0 Å². The van der Waals surface area contributed by atoms with E-state index in [2.05, 4.69) is 22.1 Å². The van der Waals surface area contributed by atoms with Crippen LogP contribution in [0, 0.1) is 0 Å². The Kier molecular flexibility index (Phi) is 8.14. The van der Waals surface area contributed by atoms with Crippen LogP contribution in [0.1, 0.15) is 13.3 Å². The quantitative estimate of drug-likeness (QED) is 0.326. The molecule has 1 amide bonds. The minimum atomic E-state index is -3.83. The van der Waals surface area contributed by atoms with Crippen molar-refractivity contribution in [2.75, 3.05) is 21.6 Å². The second-order valence-corrected chi connectivity index (χ2v) is 10.5. The topological polar surface area (TPSA) is 92.3 Å². The number of hydrogen-bond donors (Lipinski definition) is 1. The molecule has 0 aliphatic rings. The number of sulfonamides is 1. The predicted molar refractivity (Wildman–Crippen MR) is 117 cm³/mol. The lowest BCUT2D eigenvalue weighted by atomic mass is 10.2. The summed E-state index contributed by atoms with van der Waals surface area (Å²) in [5.74, 6) is 0.121. The number of amides is 1. The van der Waals surface area contributed by atoms with Gasteiger partial charge in [-0.25, -0.2) is 8.42 Å². The van der Waals surface area contributed by atoms with Gasteiger partial charge in [0.15, 0.2) is 4.34 Å². The van der Waals surface area contributed by atoms with Crippen molar-refractivity contribution in [3.63, 3.8) is 0 Å². The van der Waals surface area contributed by atoms with Crippen molar-refractivity contribution < 1.29 is 13.2 Å². The van der Waals surface area contributed by atoms with E-state index in [9.17, 15) is 13.2 Å². The van der Waals surface area contributed by atoms with Gasteiger partial charge in [-0.3, -0.25) is 14.4 Å². The maximum atomic E-state index is 12.8. The molecular formula is C16H18Cl2N4O3S3. The summed E-state index contributed by atoms with van der Waals surface area (Å²) in [6, 6.07) is 3.39. The minimum Gasteiger partial charge on any atom is -0.299 e. The SMILES string of the molecule is C=CCSc1nnc(NC(=O)C(CC)N(c2cc(Cl)ccc2Cl)S(C)(=O)=O)s1. The Morgan fingerprint density at radius 2 is 2.14 bits per heavy atom. The maximum Gasteiger partial charge on any atom is 0.250 e. The number of nitrogens with one attached hydrogen (secondary N) is 1. The summed E-state index contributed by atoms with van der Waals surface area (Å²) in [5, 5.41) is 11.3. The minimum absolute atomic E-state index is 0.137. The molecule has 1 atom stereocenters. The van der Waals surface area contributed by atoms with Crippen molar-refractivity contribution in [2.24, 2.45) is 0 Å². The maximum absolute atomic E-state index is 12.8. The zero-order valence-electron chi connectivity index (χ0n) is 15.1. The number of rotatable bonds is 9. The number of aromatic nitrogens is 2. The smallest absolute Gasteiger partial charge is 0.250 e. The third-order valence-electron chi connectivity index (χ3n) is 3.44. The van der Waals surface area contributed by atoms with Gasteiger partial charge in [0.25, 0.3) is 0 Å². The van der Waals surface area contributed by atoms with Crippen molar-refractivity contribution in [1.82, 2.24) is 10.2 Å². The molecule has 1 unspecified atom stereocenters. The normalized spacial score (nSPS) is 12.4. The fraction of sp³-hybridized carbons (Fsp3) is 0.312. The van der Waals surface area contributed by atoms with E-state index in [4.69, 9.17) is 23.2 Å². The molecule has 12 heteroatoms. The van der Waals surface area contributed by atoms with Crippen molar-refractivity contribution in [3.05, 3.63) is 40.9 Å². The van der Waals surface area contributed by atoms with E-state index in [0.717, 1.165) is 10.6 Å². The van der Waals surface area contributed by atoms with Crippen LogP contribution in [0.2, 0.25) is 10.0 Å². The highest BCUT2D eigenvalue weighted by Gasteiger charge is 2.33. The van der Waals surface area contributed by atoms with Crippen LogP contribution < -0.4 is 9.62 Å². The van der Waals surface area contributed by atoms with Gasteiger partial charge in [-0.15, -0.1) is 16.8 Å². The van der Waals surface area contributed by atoms with Gasteiger partial charge < -0.3 is 0 Å². The van der Waals surface area contributed by atoms with Crippen molar-refractivity contribution in [1.29, 1.82) is 0 Å². The van der Waals surface area contributed by atoms with E-state index in [1.165, 1.54) is 35.2 Å². The Morgan fingerprint density at radius 3 is 2.75 bits per heavy atom. The van der Waals surface area contributed by atoms with Crippen LogP contribution in [-0.2, 0) is 14.8 Å². The molecule has 28 heavy (non-hydrogen) atoms. The van der Waals surface area contributed by atoms with E-state index >= 15 is 0 Å². The highest BCUT2D eigenvalue weighted by molar-refractivity contribution is 8.01. The van der Waals surface area contributed by atoms with Crippen molar-refractivity contribution in [3.8, 4) is 0 Å². The first-order chi connectivity index (χ1) is 13.2. The van der Waals surface area contributed by atoms with Crippen LogP contribution in [-0.4, -0.2) is 42.6 Å². The summed E-state index contributed by atoms with van der Waals surface area (Å²) in [6.07, 6.45) is 2.95. The molecule has 0 saturated carbocycles. The molecule has 2 rings (SSSR count). The van der Waals surface area contributed by atoms with Crippen LogP contribution in [0.5, 0.6) is 0 Å². The summed E-state index contributed by atoms with van der Waals surface area (Å²) in [6.45, 7) is 5.33. The monoisotopic (exact) mass is 480 g/mol. The van der Waals surface area contributed by atoms with Gasteiger partial charge in [0.05, 0.1) is 17.0 Å². The second kappa shape index (κ2) is 9.93. The second-order valence-electron chi connectivity index (χ2n) is 5.54. The van der Waals surface area contributed by atoms with Gasteiger partial charge in [0.2, 0.25) is 21.1 Å². The van der Waals surface area contributed by atoms with E-state index in [1.807, 2.05) is 0 Å². The molecule has 0 saturated heterocycles. The van der Waals surface area contributed by atoms with Gasteiger partial charge in [-0.1, -0.05) is 59.3 Å². The zero-order valence-corrected chi connectivity index (χ0v) is 19.0. The summed E-state index contributed by atoms with van der Waals surface area (Å²) in [5.41, 5.74) is 0.137. The third-order valence-corrected chi connectivity index (χ3v) is 7.12. The molecule has 1 aromatic carbocycles. The van der Waals surface area contributed by atoms with Crippen molar-refractivity contribution >= 4 is 73.0 Å². The summed E-state index contributed by atoms with van der Waals surface area (Å²) in [4.78, 5) is 12.8. The van der Waals surface area contributed by atoms with Crippen LogP contribution >= 0.6 is 46.3 Å². The number of carbonyl (C=O) groups is 1. The number of halogens is 2. The Balaban J connectivity index is 2.33. The molecule has 2 aromatic rings. The molecule has 1 N–H and O–H groups in total. The Hall–Kier alpha value is -1.33. The van der Waals surface area contributed by atoms with E-state index in [-0.39, 0.29) is 22.3 Å². The molecule has 0 fully saturated rings. The lowest BCUT2D eigenvalue weighted by Crippen LogP contribution is -2.47. The average Bonchev–Trinajstić information content (AvgIpc) is 3.06. The lowest BCUT2D eigenvalue weighted by molar-refractivity contribution is -0.117. The number of nitrogens with zero attached hydrogens (tertiary/aromatic N) is 3. The Bertz CT molecular complexity index is 966. The van der Waals surface area contributed by atoms with Crippen LogP contribution in [0.15, 0.2) is 35.2 Å². The van der Waals surface area contributed by atoms with Gasteiger partial charge in [-0.05, 0) is 24.6 Å². The van der Waals surface area contributed by atoms with E-state index in [0.29, 0.717) is 15.1 Å². The number of carbonyl (C=O) groups excluding carboxylic acids is 1. The lowest BCUT2D eigenvalue weighted by Gasteiger charge is -2.30. The number of thioether (sulfide) groups is 1. The molecule has 152 valence electrons. The molecule has 0 bridgehead atoms. The number of anilines is 2. The molecule has 0 aliphatic heterocycles. The Labute approximate surface area is 182 Å². The number of benzene rings is 1. The van der Waals surface area contributed by atoms with Gasteiger partial charge >= 0.3 is 0 Å². The largest absolute Gasteiger partial charge is 0.299 e. The van der Waals surface area contributed by atoms with E-state index < -0.39 is 22.0 Å².